The number of hydrogen-bond donors (Lipinski definition) is 1. The van der Waals surface area contributed by atoms with Crippen LogP contribution in [0.1, 0.15) is 29.7 Å². The van der Waals surface area contributed by atoms with Gasteiger partial charge in [-0.25, -0.2) is 0 Å². The van der Waals surface area contributed by atoms with Gasteiger partial charge < -0.3 is 10.2 Å². The number of hydrogen-bond acceptors (Lipinski definition) is 2. The summed E-state index contributed by atoms with van der Waals surface area (Å²) < 4.78 is 0. The molecule has 0 aromatic heterocycles. The highest BCUT2D eigenvalue weighted by Gasteiger charge is 2.12. The molecule has 0 fully saturated rings. The molecule has 122 valence electrons. The summed E-state index contributed by atoms with van der Waals surface area (Å²) in [4.78, 5) is 14.0. The lowest BCUT2D eigenvalue weighted by Crippen LogP contribution is -2.36. The summed E-state index contributed by atoms with van der Waals surface area (Å²) in [6.45, 7) is 5.02. The van der Waals surface area contributed by atoms with Crippen molar-refractivity contribution >= 4 is 17.5 Å². The van der Waals surface area contributed by atoms with Crippen molar-refractivity contribution < 1.29 is 4.79 Å². The van der Waals surface area contributed by atoms with Gasteiger partial charge in [-0.15, -0.1) is 0 Å². The molecule has 2 rings (SSSR count). The average Bonchev–Trinajstić information content (AvgIpc) is 2.54. The van der Waals surface area contributed by atoms with Crippen LogP contribution in [-0.4, -0.2) is 24.4 Å². The third-order valence-corrected chi connectivity index (χ3v) is 4.24. The molecule has 0 saturated heterocycles. The molecule has 0 aliphatic heterocycles. The zero-order chi connectivity index (χ0) is 16.8. The van der Waals surface area contributed by atoms with Gasteiger partial charge in [-0.1, -0.05) is 48.0 Å². The van der Waals surface area contributed by atoms with E-state index in [1.165, 1.54) is 11.1 Å². The lowest BCUT2D eigenvalue weighted by Gasteiger charge is -2.21. The predicted octanol–water partition coefficient (Wildman–Crippen LogP) is 3.96. The molecule has 1 atom stereocenters. The number of amides is 1. The van der Waals surface area contributed by atoms with Gasteiger partial charge in [-0.2, -0.15) is 0 Å². The van der Waals surface area contributed by atoms with E-state index in [0.29, 0.717) is 18.1 Å². The first-order chi connectivity index (χ1) is 11.0. The Morgan fingerprint density at radius 2 is 1.96 bits per heavy atom. The second-order valence-corrected chi connectivity index (χ2v) is 6.27. The first kappa shape index (κ1) is 17.5. The summed E-state index contributed by atoms with van der Waals surface area (Å²) in [6.07, 6.45) is 0. The minimum absolute atomic E-state index is 0.0714. The van der Waals surface area contributed by atoms with E-state index in [4.69, 9.17) is 11.6 Å². The first-order valence-electron chi connectivity index (χ1n) is 7.74. The lowest BCUT2D eigenvalue weighted by atomic mass is 10.1. The van der Waals surface area contributed by atoms with Gasteiger partial charge in [0, 0.05) is 24.7 Å². The largest absolute Gasteiger partial charge is 0.340 e. The van der Waals surface area contributed by atoms with Crippen molar-refractivity contribution in [2.45, 2.75) is 26.4 Å². The van der Waals surface area contributed by atoms with Crippen molar-refractivity contribution in [1.29, 1.82) is 0 Å². The summed E-state index contributed by atoms with van der Waals surface area (Å²) >= 11 is 6.00. The maximum absolute atomic E-state index is 12.3. The van der Waals surface area contributed by atoms with E-state index < -0.39 is 0 Å². The number of nitrogens with zero attached hydrogens (tertiary/aromatic N) is 1. The van der Waals surface area contributed by atoms with Crippen LogP contribution in [0.5, 0.6) is 0 Å². The third kappa shape index (κ3) is 5.08. The Morgan fingerprint density at radius 3 is 2.65 bits per heavy atom. The standard InChI is InChI=1S/C19H23ClN2O/c1-14-7-4-5-8-17(14)13-22(3)19(23)12-21-15(2)16-9-6-10-18(20)11-16/h4-11,15,21H,12-13H2,1-3H3. The van der Waals surface area contributed by atoms with Crippen molar-refractivity contribution in [1.82, 2.24) is 10.2 Å². The van der Waals surface area contributed by atoms with E-state index in [1.807, 2.05) is 50.4 Å². The van der Waals surface area contributed by atoms with Gasteiger partial charge in [-0.3, -0.25) is 4.79 Å². The molecule has 0 saturated carbocycles. The van der Waals surface area contributed by atoms with E-state index in [9.17, 15) is 4.79 Å². The van der Waals surface area contributed by atoms with Crippen molar-refractivity contribution in [2.24, 2.45) is 0 Å². The Bertz CT molecular complexity index is 672. The molecule has 23 heavy (non-hydrogen) atoms. The van der Waals surface area contributed by atoms with E-state index in [1.54, 1.807) is 4.90 Å². The number of aryl methyl sites for hydroxylation is 1. The summed E-state index contributed by atoms with van der Waals surface area (Å²) in [6, 6.07) is 15.9. The Balaban J connectivity index is 1.88. The van der Waals surface area contributed by atoms with Crippen LogP contribution in [0.4, 0.5) is 0 Å². The fourth-order valence-corrected chi connectivity index (χ4v) is 2.60. The molecule has 4 heteroatoms. The maximum atomic E-state index is 12.3. The lowest BCUT2D eigenvalue weighted by molar-refractivity contribution is -0.129. The Hall–Kier alpha value is -1.84. The highest BCUT2D eigenvalue weighted by Crippen LogP contribution is 2.17. The minimum Gasteiger partial charge on any atom is -0.340 e. The molecule has 1 amide bonds. The number of halogens is 1. The van der Waals surface area contributed by atoms with Crippen LogP contribution in [0.15, 0.2) is 48.5 Å². The molecule has 1 unspecified atom stereocenters. The van der Waals surface area contributed by atoms with Crippen LogP contribution in [0, 0.1) is 6.92 Å². The molecular weight excluding hydrogens is 308 g/mol. The van der Waals surface area contributed by atoms with E-state index in [-0.39, 0.29) is 11.9 Å². The van der Waals surface area contributed by atoms with E-state index in [2.05, 4.69) is 24.4 Å². The molecule has 0 bridgehead atoms. The van der Waals surface area contributed by atoms with Gasteiger partial charge >= 0.3 is 0 Å². The summed E-state index contributed by atoms with van der Waals surface area (Å²) in [7, 11) is 1.83. The molecule has 0 heterocycles. The molecule has 0 radical (unpaired) electrons. The topological polar surface area (TPSA) is 32.3 Å². The van der Waals surface area contributed by atoms with Crippen LogP contribution >= 0.6 is 11.6 Å². The number of nitrogens with one attached hydrogen (secondary N) is 1. The van der Waals surface area contributed by atoms with Crippen molar-refractivity contribution in [3.63, 3.8) is 0 Å². The number of carbonyl (C=O) groups is 1. The summed E-state index contributed by atoms with van der Waals surface area (Å²) in [5, 5.41) is 3.96. The van der Waals surface area contributed by atoms with E-state index >= 15 is 0 Å². The highest BCUT2D eigenvalue weighted by molar-refractivity contribution is 6.30. The number of carbonyl (C=O) groups excluding carboxylic acids is 1. The summed E-state index contributed by atoms with van der Waals surface area (Å²) in [5.41, 5.74) is 3.45. The molecule has 3 nitrogen and oxygen atoms in total. The van der Waals surface area contributed by atoms with Gasteiger partial charge in [0.15, 0.2) is 0 Å². The molecule has 0 spiro atoms. The van der Waals surface area contributed by atoms with Crippen LogP contribution in [0.2, 0.25) is 5.02 Å². The molecule has 0 aliphatic carbocycles. The number of benzene rings is 2. The van der Waals surface area contributed by atoms with Crippen LogP contribution in [0.3, 0.4) is 0 Å². The SMILES string of the molecule is Cc1ccccc1CN(C)C(=O)CNC(C)c1cccc(Cl)c1. The number of rotatable bonds is 6. The van der Waals surface area contributed by atoms with Gasteiger partial charge in [-0.05, 0) is 42.7 Å². The van der Waals surface area contributed by atoms with Crippen molar-refractivity contribution in [2.75, 3.05) is 13.6 Å². The van der Waals surface area contributed by atoms with Crippen molar-refractivity contribution in [3.8, 4) is 0 Å². The Labute approximate surface area is 143 Å². The highest BCUT2D eigenvalue weighted by atomic mass is 35.5. The number of likely N-dealkylation sites (N-methyl/N-ethyl adjacent to an activating group) is 1. The molecular formula is C19H23ClN2O. The van der Waals surface area contributed by atoms with Gasteiger partial charge in [0.2, 0.25) is 5.91 Å². The van der Waals surface area contributed by atoms with Crippen LogP contribution in [0.25, 0.3) is 0 Å². The smallest absolute Gasteiger partial charge is 0.236 e. The van der Waals surface area contributed by atoms with E-state index in [0.717, 1.165) is 5.56 Å². The quantitative estimate of drug-likeness (QED) is 0.869. The minimum atomic E-state index is 0.0714. The van der Waals surface area contributed by atoms with Gasteiger partial charge in [0.05, 0.1) is 6.54 Å². The van der Waals surface area contributed by atoms with Crippen LogP contribution in [-0.2, 0) is 11.3 Å². The van der Waals surface area contributed by atoms with Crippen LogP contribution < -0.4 is 5.32 Å². The summed E-state index contributed by atoms with van der Waals surface area (Å²) in [5.74, 6) is 0.0714. The molecule has 0 aliphatic rings. The predicted molar refractivity (Wildman–Crippen MR) is 95.5 cm³/mol. The average molecular weight is 331 g/mol. The first-order valence-corrected chi connectivity index (χ1v) is 8.12. The molecule has 2 aromatic rings. The second kappa shape index (κ2) is 8.14. The molecule has 2 aromatic carbocycles. The fraction of sp³-hybridized carbons (Fsp3) is 0.316. The maximum Gasteiger partial charge on any atom is 0.236 e. The second-order valence-electron chi connectivity index (χ2n) is 5.83. The molecule has 1 N–H and O–H groups in total. The normalized spacial score (nSPS) is 12.0. The van der Waals surface area contributed by atoms with Gasteiger partial charge in [0.25, 0.3) is 0 Å². The Kier molecular flexibility index (Phi) is 6.20. The van der Waals surface area contributed by atoms with Crippen molar-refractivity contribution in [3.05, 3.63) is 70.2 Å². The van der Waals surface area contributed by atoms with Gasteiger partial charge in [0.1, 0.15) is 0 Å². The Morgan fingerprint density at radius 1 is 1.22 bits per heavy atom. The third-order valence-electron chi connectivity index (χ3n) is 4.00. The zero-order valence-corrected chi connectivity index (χ0v) is 14.6. The zero-order valence-electron chi connectivity index (χ0n) is 13.8. The monoisotopic (exact) mass is 330 g/mol. The fourth-order valence-electron chi connectivity index (χ4n) is 2.40.